The zero-order chi connectivity index (χ0) is 12.7. The number of carbonyl (C=O) groups excluding carboxylic acids is 1. The Morgan fingerprint density at radius 3 is 2.65 bits per heavy atom. The van der Waals surface area contributed by atoms with Gasteiger partial charge < -0.3 is 4.90 Å². The Hall–Kier alpha value is -0.350. The minimum atomic E-state index is 0.251. The van der Waals surface area contributed by atoms with Crippen molar-refractivity contribution in [2.75, 3.05) is 11.9 Å². The molecule has 2 nitrogen and oxygen atoms in total. The van der Waals surface area contributed by atoms with Crippen LogP contribution in [0.4, 0.5) is 0 Å². The number of thiophene rings is 1. The van der Waals surface area contributed by atoms with Crippen LogP contribution in [0.25, 0.3) is 0 Å². The van der Waals surface area contributed by atoms with Crippen LogP contribution >= 0.6 is 27.3 Å². The van der Waals surface area contributed by atoms with Crippen molar-refractivity contribution in [3.8, 4) is 0 Å². The molecule has 1 heterocycles. The highest BCUT2D eigenvalue weighted by Crippen LogP contribution is 2.15. The summed E-state index contributed by atoms with van der Waals surface area (Å²) in [6.07, 6.45) is 2.60. The second-order valence-corrected chi connectivity index (χ2v) is 5.83. The van der Waals surface area contributed by atoms with Crippen LogP contribution in [-0.4, -0.2) is 28.7 Å². The van der Waals surface area contributed by atoms with E-state index >= 15 is 0 Å². The van der Waals surface area contributed by atoms with Gasteiger partial charge >= 0.3 is 0 Å². The van der Waals surface area contributed by atoms with Crippen molar-refractivity contribution in [3.63, 3.8) is 0 Å². The Bertz CT molecular complexity index is 322. The Kier molecular flexibility index (Phi) is 6.82. The zero-order valence-electron chi connectivity index (χ0n) is 10.5. The molecule has 0 aliphatic rings. The number of hydrogen-bond donors (Lipinski definition) is 0. The number of halogens is 1. The van der Waals surface area contributed by atoms with Crippen molar-refractivity contribution in [3.05, 3.63) is 22.4 Å². The standard InChI is InChI=1S/C13H20BrNOS/c1-3-11(4-2)15(8-7-14)13(16)10-12-6-5-9-17-12/h5-6,9,11H,3-4,7-8,10H2,1-2H3. The van der Waals surface area contributed by atoms with Crippen LogP contribution in [0.1, 0.15) is 31.6 Å². The fourth-order valence-corrected chi connectivity index (χ4v) is 3.07. The summed E-state index contributed by atoms with van der Waals surface area (Å²) in [5.74, 6) is 0.251. The number of hydrogen-bond acceptors (Lipinski definition) is 2. The fourth-order valence-electron chi connectivity index (χ4n) is 2.00. The lowest BCUT2D eigenvalue weighted by Crippen LogP contribution is -2.41. The van der Waals surface area contributed by atoms with E-state index in [2.05, 4.69) is 29.8 Å². The molecule has 1 amide bonds. The van der Waals surface area contributed by atoms with Gasteiger partial charge in [-0.15, -0.1) is 11.3 Å². The quantitative estimate of drug-likeness (QED) is 0.702. The second kappa shape index (κ2) is 7.88. The molecule has 4 heteroatoms. The Morgan fingerprint density at radius 1 is 1.47 bits per heavy atom. The molecule has 0 radical (unpaired) electrons. The van der Waals surface area contributed by atoms with Gasteiger partial charge in [-0.05, 0) is 24.3 Å². The molecule has 17 heavy (non-hydrogen) atoms. The summed E-state index contributed by atoms with van der Waals surface area (Å²) < 4.78 is 0. The molecule has 0 aliphatic carbocycles. The normalized spacial score (nSPS) is 10.8. The van der Waals surface area contributed by atoms with Gasteiger partial charge in [0.2, 0.25) is 5.91 Å². The third-order valence-electron chi connectivity index (χ3n) is 2.93. The maximum atomic E-state index is 12.3. The van der Waals surface area contributed by atoms with Crippen molar-refractivity contribution < 1.29 is 4.79 Å². The van der Waals surface area contributed by atoms with Gasteiger partial charge in [-0.25, -0.2) is 0 Å². The lowest BCUT2D eigenvalue weighted by Gasteiger charge is -2.30. The number of amides is 1. The minimum Gasteiger partial charge on any atom is -0.339 e. The smallest absolute Gasteiger partial charge is 0.228 e. The predicted octanol–water partition coefficient (Wildman–Crippen LogP) is 3.70. The van der Waals surface area contributed by atoms with Gasteiger partial charge in [-0.1, -0.05) is 35.8 Å². The molecule has 0 N–H and O–H groups in total. The third-order valence-corrected chi connectivity index (χ3v) is 4.17. The maximum Gasteiger partial charge on any atom is 0.228 e. The van der Waals surface area contributed by atoms with Crippen LogP contribution in [0.2, 0.25) is 0 Å². The molecule has 0 bridgehead atoms. The van der Waals surface area contributed by atoms with Gasteiger partial charge in [-0.3, -0.25) is 4.79 Å². The van der Waals surface area contributed by atoms with Crippen molar-refractivity contribution in [2.45, 2.75) is 39.2 Å². The van der Waals surface area contributed by atoms with E-state index in [-0.39, 0.29) is 5.91 Å². The molecule has 0 unspecified atom stereocenters. The fraction of sp³-hybridized carbons (Fsp3) is 0.615. The molecular formula is C13H20BrNOS. The van der Waals surface area contributed by atoms with Crippen LogP contribution in [0.5, 0.6) is 0 Å². The first kappa shape index (κ1) is 14.7. The van der Waals surface area contributed by atoms with Crippen molar-refractivity contribution in [2.24, 2.45) is 0 Å². The van der Waals surface area contributed by atoms with Gasteiger partial charge in [0, 0.05) is 22.8 Å². The van der Waals surface area contributed by atoms with Gasteiger partial charge in [0.25, 0.3) is 0 Å². The molecule has 0 saturated carbocycles. The summed E-state index contributed by atoms with van der Waals surface area (Å²) in [4.78, 5) is 15.4. The van der Waals surface area contributed by atoms with E-state index in [9.17, 15) is 4.79 Å². The topological polar surface area (TPSA) is 20.3 Å². The van der Waals surface area contributed by atoms with Crippen LogP contribution < -0.4 is 0 Å². The molecule has 0 fully saturated rings. The highest BCUT2D eigenvalue weighted by Gasteiger charge is 2.20. The number of rotatable bonds is 7. The Labute approximate surface area is 116 Å². The van der Waals surface area contributed by atoms with Crippen LogP contribution in [0, 0.1) is 0 Å². The summed E-state index contributed by atoms with van der Waals surface area (Å²) >= 11 is 5.09. The summed E-state index contributed by atoms with van der Waals surface area (Å²) in [5, 5.41) is 2.87. The van der Waals surface area contributed by atoms with Crippen LogP contribution in [0.15, 0.2) is 17.5 Å². The molecule has 0 atom stereocenters. The largest absolute Gasteiger partial charge is 0.339 e. The van der Waals surface area contributed by atoms with Gasteiger partial charge in [0.05, 0.1) is 6.42 Å². The van der Waals surface area contributed by atoms with Crippen molar-refractivity contribution >= 4 is 33.2 Å². The highest BCUT2D eigenvalue weighted by atomic mass is 79.9. The monoisotopic (exact) mass is 317 g/mol. The third kappa shape index (κ3) is 4.43. The molecule has 1 aromatic rings. The summed E-state index contributed by atoms with van der Waals surface area (Å²) in [5.41, 5.74) is 0. The zero-order valence-corrected chi connectivity index (χ0v) is 12.9. The number of nitrogens with zero attached hydrogens (tertiary/aromatic N) is 1. The predicted molar refractivity (Wildman–Crippen MR) is 77.9 cm³/mol. The molecule has 1 rings (SSSR count). The van der Waals surface area contributed by atoms with Gasteiger partial charge in [-0.2, -0.15) is 0 Å². The van der Waals surface area contributed by atoms with Gasteiger partial charge in [0.15, 0.2) is 0 Å². The lowest BCUT2D eigenvalue weighted by molar-refractivity contribution is -0.132. The van der Waals surface area contributed by atoms with E-state index in [1.165, 1.54) is 0 Å². The molecular weight excluding hydrogens is 298 g/mol. The van der Waals surface area contributed by atoms with E-state index in [0.717, 1.165) is 29.6 Å². The molecule has 96 valence electrons. The summed E-state index contributed by atoms with van der Waals surface area (Å²) in [6.45, 7) is 5.10. The molecule has 0 saturated heterocycles. The molecule has 1 aromatic heterocycles. The van der Waals surface area contributed by atoms with E-state index in [4.69, 9.17) is 0 Å². The lowest BCUT2D eigenvalue weighted by atomic mass is 10.1. The average Bonchev–Trinajstić information content (AvgIpc) is 2.82. The minimum absolute atomic E-state index is 0.251. The van der Waals surface area contributed by atoms with E-state index in [1.807, 2.05) is 22.4 Å². The average molecular weight is 318 g/mol. The Balaban J connectivity index is 2.65. The first-order valence-electron chi connectivity index (χ1n) is 6.10. The summed E-state index contributed by atoms with van der Waals surface area (Å²) in [6, 6.07) is 4.40. The Morgan fingerprint density at radius 2 is 2.18 bits per heavy atom. The molecule has 0 aliphatic heterocycles. The molecule has 0 aromatic carbocycles. The van der Waals surface area contributed by atoms with E-state index < -0.39 is 0 Å². The number of carbonyl (C=O) groups is 1. The van der Waals surface area contributed by atoms with Crippen LogP contribution in [-0.2, 0) is 11.2 Å². The first-order chi connectivity index (χ1) is 8.22. The van der Waals surface area contributed by atoms with Crippen molar-refractivity contribution in [1.29, 1.82) is 0 Å². The van der Waals surface area contributed by atoms with E-state index in [1.54, 1.807) is 11.3 Å². The SMILES string of the molecule is CCC(CC)N(CCBr)C(=O)Cc1cccs1. The first-order valence-corrected chi connectivity index (χ1v) is 8.10. The van der Waals surface area contributed by atoms with E-state index in [0.29, 0.717) is 12.5 Å². The maximum absolute atomic E-state index is 12.3. The van der Waals surface area contributed by atoms with Crippen LogP contribution in [0.3, 0.4) is 0 Å². The van der Waals surface area contributed by atoms with Crippen molar-refractivity contribution in [1.82, 2.24) is 4.90 Å². The highest BCUT2D eigenvalue weighted by molar-refractivity contribution is 9.09. The summed E-state index contributed by atoms with van der Waals surface area (Å²) in [7, 11) is 0. The molecule has 0 spiro atoms. The van der Waals surface area contributed by atoms with Gasteiger partial charge in [0.1, 0.15) is 0 Å². The number of alkyl halides is 1. The second-order valence-electron chi connectivity index (χ2n) is 4.00.